The lowest BCUT2D eigenvalue weighted by Gasteiger charge is -2.23. The van der Waals surface area contributed by atoms with E-state index in [1.54, 1.807) is 14.0 Å². The smallest absolute Gasteiger partial charge is 0.240 e. The number of benzene rings is 1. The van der Waals surface area contributed by atoms with Gasteiger partial charge in [-0.2, -0.15) is 0 Å². The summed E-state index contributed by atoms with van der Waals surface area (Å²) in [4.78, 5) is 16.6. The molecule has 0 bridgehead atoms. The summed E-state index contributed by atoms with van der Waals surface area (Å²) in [5, 5.41) is 3.92. The van der Waals surface area contributed by atoms with Crippen LogP contribution < -0.4 is 15.8 Å². The average Bonchev–Trinajstić information content (AvgIpc) is 2.51. The third-order valence-electron chi connectivity index (χ3n) is 3.71. The zero-order valence-corrected chi connectivity index (χ0v) is 14.6. The number of pyridine rings is 1. The second-order valence-corrected chi connectivity index (χ2v) is 5.69. The predicted molar refractivity (Wildman–Crippen MR) is 94.9 cm³/mol. The van der Waals surface area contributed by atoms with Crippen LogP contribution in [-0.4, -0.2) is 23.5 Å². The third-order valence-corrected chi connectivity index (χ3v) is 3.71. The Morgan fingerprint density at radius 3 is 2.74 bits per heavy atom. The summed E-state index contributed by atoms with van der Waals surface area (Å²) in [6, 6.07) is 9.63. The van der Waals surface area contributed by atoms with E-state index in [0.29, 0.717) is 18.8 Å². The van der Waals surface area contributed by atoms with Crippen molar-refractivity contribution in [1.29, 1.82) is 0 Å². The number of carbonyl (C=O) groups is 1. The topological polar surface area (TPSA) is 77.2 Å². The molecule has 126 valence electrons. The molecule has 0 saturated heterocycles. The number of nitrogens with one attached hydrogen (secondary N) is 1. The van der Waals surface area contributed by atoms with Gasteiger partial charge in [-0.1, -0.05) is 31.5 Å². The molecule has 1 aromatic carbocycles. The van der Waals surface area contributed by atoms with Gasteiger partial charge in [-0.05, 0) is 25.0 Å². The van der Waals surface area contributed by atoms with Crippen molar-refractivity contribution in [2.75, 3.05) is 7.11 Å². The molecule has 1 unspecified atom stereocenters. The lowest BCUT2D eigenvalue weighted by atomic mass is 9.96. The van der Waals surface area contributed by atoms with Crippen molar-refractivity contribution in [3.8, 4) is 5.88 Å². The summed E-state index contributed by atoms with van der Waals surface area (Å²) < 4.78 is 5.23. The second kappa shape index (κ2) is 8.13. The van der Waals surface area contributed by atoms with Crippen molar-refractivity contribution in [1.82, 2.24) is 10.3 Å². The van der Waals surface area contributed by atoms with Crippen LogP contribution in [0.4, 0.5) is 0 Å². The Balaban J connectivity index is 0.00000264. The molecule has 23 heavy (non-hydrogen) atoms. The number of para-hydroxylation sites is 1. The van der Waals surface area contributed by atoms with Crippen molar-refractivity contribution in [3.63, 3.8) is 0 Å². The molecule has 6 heteroatoms. The first-order valence-corrected chi connectivity index (χ1v) is 7.47. The van der Waals surface area contributed by atoms with Crippen molar-refractivity contribution in [2.45, 2.75) is 38.8 Å². The Bertz CT molecular complexity index is 674. The minimum atomic E-state index is -0.846. The van der Waals surface area contributed by atoms with Gasteiger partial charge in [-0.25, -0.2) is 4.98 Å². The van der Waals surface area contributed by atoms with Gasteiger partial charge in [0.1, 0.15) is 0 Å². The molecule has 1 atom stereocenters. The fourth-order valence-corrected chi connectivity index (χ4v) is 2.48. The van der Waals surface area contributed by atoms with Crippen LogP contribution >= 0.6 is 12.4 Å². The maximum Gasteiger partial charge on any atom is 0.240 e. The molecule has 0 aliphatic rings. The number of hydrogen-bond acceptors (Lipinski definition) is 4. The molecule has 0 spiro atoms. The van der Waals surface area contributed by atoms with E-state index in [-0.39, 0.29) is 18.3 Å². The molecule has 3 N–H and O–H groups in total. The highest BCUT2D eigenvalue weighted by Gasteiger charge is 2.26. The number of halogens is 1. The molecule has 2 rings (SSSR count). The van der Waals surface area contributed by atoms with Crippen LogP contribution in [0.3, 0.4) is 0 Å². The largest absolute Gasteiger partial charge is 0.481 e. The zero-order valence-electron chi connectivity index (χ0n) is 13.8. The molecule has 5 nitrogen and oxygen atoms in total. The summed E-state index contributed by atoms with van der Waals surface area (Å²) in [5.74, 6) is 0.390. The molecule has 1 amide bonds. The summed E-state index contributed by atoms with van der Waals surface area (Å²) >= 11 is 0. The van der Waals surface area contributed by atoms with E-state index in [1.165, 1.54) is 0 Å². The second-order valence-electron chi connectivity index (χ2n) is 5.69. The molecule has 1 aromatic heterocycles. The van der Waals surface area contributed by atoms with Gasteiger partial charge >= 0.3 is 0 Å². The number of carbonyl (C=O) groups excluding carboxylic acids is 1. The predicted octanol–water partition coefficient (Wildman–Crippen LogP) is 2.80. The molecule has 0 aliphatic heterocycles. The summed E-state index contributed by atoms with van der Waals surface area (Å²) in [7, 11) is 1.58. The molecule has 2 aromatic rings. The van der Waals surface area contributed by atoms with Gasteiger partial charge in [0.15, 0.2) is 0 Å². The number of nitrogens with two attached hydrogens (primary N) is 1. The monoisotopic (exact) mass is 337 g/mol. The SMILES string of the molecule is CCCC(C)(N)C(=O)NCc1cc(OC)nc2ccccc12.Cl. The number of nitrogens with zero attached hydrogens (tertiary/aromatic N) is 1. The Morgan fingerprint density at radius 2 is 2.09 bits per heavy atom. The highest BCUT2D eigenvalue weighted by Crippen LogP contribution is 2.22. The number of amides is 1. The van der Waals surface area contributed by atoms with Crippen LogP contribution in [0.15, 0.2) is 30.3 Å². The van der Waals surface area contributed by atoms with Crippen molar-refractivity contribution >= 4 is 29.2 Å². The van der Waals surface area contributed by atoms with E-state index in [4.69, 9.17) is 10.5 Å². The van der Waals surface area contributed by atoms with Gasteiger partial charge in [-0.15, -0.1) is 12.4 Å². The normalized spacial score (nSPS) is 13.0. The fraction of sp³-hybridized carbons (Fsp3) is 0.412. The van der Waals surface area contributed by atoms with Crippen LogP contribution in [-0.2, 0) is 11.3 Å². The maximum atomic E-state index is 12.2. The minimum absolute atomic E-state index is 0. The number of methoxy groups -OCH3 is 1. The van der Waals surface area contributed by atoms with Gasteiger partial charge in [0, 0.05) is 18.0 Å². The summed E-state index contributed by atoms with van der Waals surface area (Å²) in [6.45, 7) is 4.17. The Labute approximate surface area is 143 Å². The van der Waals surface area contributed by atoms with Crippen LogP contribution in [0, 0.1) is 0 Å². The standard InChI is InChI=1S/C17H23N3O2.ClH/c1-4-9-17(2,18)16(21)19-11-12-10-15(22-3)20-14-8-6-5-7-13(12)14;/h5-8,10H,4,9,11,18H2,1-3H3,(H,19,21);1H. The Morgan fingerprint density at radius 1 is 1.39 bits per heavy atom. The van der Waals surface area contributed by atoms with Crippen LogP contribution in [0.5, 0.6) is 5.88 Å². The number of hydrogen-bond donors (Lipinski definition) is 2. The molecule has 0 saturated carbocycles. The van der Waals surface area contributed by atoms with Crippen molar-refractivity contribution in [3.05, 3.63) is 35.9 Å². The number of aromatic nitrogens is 1. The lowest BCUT2D eigenvalue weighted by molar-refractivity contribution is -0.126. The van der Waals surface area contributed by atoms with E-state index in [1.807, 2.05) is 37.3 Å². The first kappa shape index (κ1) is 19.2. The van der Waals surface area contributed by atoms with E-state index >= 15 is 0 Å². The lowest BCUT2D eigenvalue weighted by Crippen LogP contribution is -2.51. The number of ether oxygens (including phenoxy) is 1. The van der Waals surface area contributed by atoms with Gasteiger partial charge in [0.25, 0.3) is 0 Å². The first-order valence-electron chi connectivity index (χ1n) is 7.47. The van der Waals surface area contributed by atoms with Crippen LogP contribution in [0.25, 0.3) is 10.9 Å². The number of rotatable bonds is 6. The highest BCUT2D eigenvalue weighted by atomic mass is 35.5. The van der Waals surface area contributed by atoms with Gasteiger partial charge < -0.3 is 15.8 Å². The molecular weight excluding hydrogens is 314 g/mol. The van der Waals surface area contributed by atoms with Gasteiger partial charge in [-0.3, -0.25) is 4.79 Å². The highest BCUT2D eigenvalue weighted by molar-refractivity contribution is 5.87. The van der Waals surface area contributed by atoms with Crippen LogP contribution in [0.1, 0.15) is 32.3 Å². The van der Waals surface area contributed by atoms with Crippen LogP contribution in [0.2, 0.25) is 0 Å². The average molecular weight is 338 g/mol. The molecule has 0 radical (unpaired) electrons. The molecule has 1 heterocycles. The fourth-order valence-electron chi connectivity index (χ4n) is 2.48. The molecular formula is C17H24ClN3O2. The van der Waals surface area contributed by atoms with Gasteiger partial charge in [0.2, 0.25) is 11.8 Å². The summed E-state index contributed by atoms with van der Waals surface area (Å²) in [5.41, 5.74) is 7.01. The Hall–Kier alpha value is -1.85. The van der Waals surface area contributed by atoms with E-state index in [0.717, 1.165) is 22.9 Å². The van der Waals surface area contributed by atoms with E-state index in [2.05, 4.69) is 10.3 Å². The van der Waals surface area contributed by atoms with Crippen molar-refractivity contribution in [2.24, 2.45) is 5.73 Å². The zero-order chi connectivity index (χ0) is 16.2. The maximum absolute atomic E-state index is 12.2. The van der Waals surface area contributed by atoms with E-state index < -0.39 is 5.54 Å². The number of fused-ring (bicyclic) bond motifs is 1. The molecule has 0 aliphatic carbocycles. The van der Waals surface area contributed by atoms with E-state index in [9.17, 15) is 4.79 Å². The minimum Gasteiger partial charge on any atom is -0.481 e. The first-order chi connectivity index (χ1) is 10.5. The van der Waals surface area contributed by atoms with Crippen molar-refractivity contribution < 1.29 is 9.53 Å². The Kier molecular flexibility index (Phi) is 6.79. The molecule has 0 fully saturated rings. The summed E-state index contributed by atoms with van der Waals surface area (Å²) in [6.07, 6.45) is 1.52. The van der Waals surface area contributed by atoms with Gasteiger partial charge in [0.05, 0.1) is 18.2 Å². The third kappa shape index (κ3) is 4.56. The quantitative estimate of drug-likeness (QED) is 0.849.